The van der Waals surface area contributed by atoms with Gasteiger partial charge >= 0.3 is 0 Å². The first-order valence-electron chi connectivity index (χ1n) is 6.37. The van der Waals surface area contributed by atoms with Crippen LogP contribution in [0.3, 0.4) is 0 Å². The van der Waals surface area contributed by atoms with Crippen molar-refractivity contribution in [2.24, 2.45) is 0 Å². The second-order valence-corrected chi connectivity index (χ2v) is 6.41. The lowest BCUT2D eigenvalue weighted by Crippen LogP contribution is -2.41. The fourth-order valence-electron chi connectivity index (χ4n) is 2.28. The van der Waals surface area contributed by atoms with Gasteiger partial charge in [0.25, 0.3) is 0 Å². The highest BCUT2D eigenvalue weighted by atomic mass is 32.2. The molecule has 2 rings (SSSR count). The molecule has 19 heavy (non-hydrogen) atoms. The van der Waals surface area contributed by atoms with Crippen LogP contribution in [0.2, 0.25) is 0 Å². The number of aliphatic hydroxyl groups excluding tert-OH is 1. The van der Waals surface area contributed by atoms with E-state index in [1.807, 2.05) is 0 Å². The molecule has 2 unspecified atom stereocenters. The minimum atomic E-state index is -3.63. The average molecular weight is 285 g/mol. The maximum atomic E-state index is 12.3. The van der Waals surface area contributed by atoms with Gasteiger partial charge in [-0.1, -0.05) is 18.2 Å². The number of hydrogen-bond donors (Lipinski definition) is 2. The molecule has 2 N–H and O–H groups in total. The van der Waals surface area contributed by atoms with Crippen LogP contribution in [0.1, 0.15) is 25.3 Å². The first kappa shape index (κ1) is 14.5. The van der Waals surface area contributed by atoms with Crippen LogP contribution >= 0.6 is 0 Å². The van der Waals surface area contributed by atoms with Crippen LogP contribution in [0.5, 0.6) is 0 Å². The Labute approximate surface area is 113 Å². The Kier molecular flexibility index (Phi) is 4.57. The molecule has 1 aliphatic heterocycles. The van der Waals surface area contributed by atoms with Crippen LogP contribution in [0.15, 0.2) is 29.2 Å². The zero-order chi connectivity index (χ0) is 13.9. The topological polar surface area (TPSA) is 75.6 Å². The highest BCUT2D eigenvalue weighted by Gasteiger charge is 2.27. The Morgan fingerprint density at radius 1 is 1.47 bits per heavy atom. The molecule has 1 aliphatic rings. The first-order chi connectivity index (χ1) is 9.04. The summed E-state index contributed by atoms with van der Waals surface area (Å²) < 4.78 is 32.7. The van der Waals surface area contributed by atoms with Crippen molar-refractivity contribution < 1.29 is 18.3 Å². The van der Waals surface area contributed by atoms with E-state index in [-0.39, 0.29) is 23.6 Å². The molecule has 6 heteroatoms. The third-order valence-electron chi connectivity index (χ3n) is 3.30. The van der Waals surface area contributed by atoms with Crippen molar-refractivity contribution in [1.29, 1.82) is 0 Å². The van der Waals surface area contributed by atoms with E-state index in [9.17, 15) is 13.5 Å². The van der Waals surface area contributed by atoms with Gasteiger partial charge in [0, 0.05) is 12.6 Å². The van der Waals surface area contributed by atoms with E-state index in [0.29, 0.717) is 12.2 Å². The Morgan fingerprint density at radius 3 is 2.84 bits per heavy atom. The van der Waals surface area contributed by atoms with Gasteiger partial charge in [-0.05, 0) is 31.4 Å². The molecule has 0 saturated carbocycles. The van der Waals surface area contributed by atoms with Gasteiger partial charge in [-0.2, -0.15) is 0 Å². The van der Waals surface area contributed by atoms with Gasteiger partial charge in [-0.15, -0.1) is 0 Å². The van der Waals surface area contributed by atoms with Crippen molar-refractivity contribution in [3.8, 4) is 0 Å². The molecule has 0 aliphatic carbocycles. The summed E-state index contributed by atoms with van der Waals surface area (Å²) in [6.45, 7) is 2.18. The molecule has 1 heterocycles. The molecule has 1 saturated heterocycles. The van der Waals surface area contributed by atoms with Gasteiger partial charge in [0.1, 0.15) is 0 Å². The van der Waals surface area contributed by atoms with Crippen LogP contribution in [-0.2, 0) is 21.4 Å². The maximum absolute atomic E-state index is 12.3. The number of nitrogens with one attached hydrogen (secondary N) is 1. The molecule has 2 atom stereocenters. The minimum absolute atomic E-state index is 0.0731. The summed E-state index contributed by atoms with van der Waals surface area (Å²) >= 11 is 0. The molecule has 0 bridgehead atoms. The maximum Gasteiger partial charge on any atom is 0.241 e. The lowest BCUT2D eigenvalue weighted by Gasteiger charge is -2.20. The second-order valence-electron chi connectivity index (χ2n) is 4.73. The minimum Gasteiger partial charge on any atom is -0.392 e. The van der Waals surface area contributed by atoms with Gasteiger partial charge < -0.3 is 9.84 Å². The van der Waals surface area contributed by atoms with Crippen molar-refractivity contribution in [3.05, 3.63) is 29.8 Å². The molecule has 0 radical (unpaired) electrons. The molecule has 1 aromatic carbocycles. The Morgan fingerprint density at radius 2 is 2.21 bits per heavy atom. The third-order valence-corrected chi connectivity index (χ3v) is 4.96. The predicted octanol–water partition coefficient (Wildman–Crippen LogP) is 1.02. The molecule has 0 amide bonds. The largest absolute Gasteiger partial charge is 0.392 e. The smallest absolute Gasteiger partial charge is 0.241 e. The fraction of sp³-hybridized carbons (Fsp3) is 0.538. The third kappa shape index (κ3) is 3.33. The van der Waals surface area contributed by atoms with E-state index in [4.69, 9.17) is 4.74 Å². The first-order valence-corrected chi connectivity index (χ1v) is 7.85. The van der Waals surface area contributed by atoms with Crippen LogP contribution in [-0.4, -0.2) is 32.3 Å². The highest BCUT2D eigenvalue weighted by molar-refractivity contribution is 7.89. The molecule has 1 aromatic rings. The standard InChI is InChI=1S/C13H19NO4S/c1-10(12-6-4-8-18-12)14-19(16,17)13-7-3-2-5-11(13)9-15/h2-3,5,7,10,12,14-15H,4,6,8-9H2,1H3. The SMILES string of the molecule is CC(NS(=O)(=O)c1ccccc1CO)C1CCCO1. The normalized spacial score (nSPS) is 21.5. The van der Waals surface area contributed by atoms with Crippen LogP contribution in [0.25, 0.3) is 0 Å². The van der Waals surface area contributed by atoms with E-state index >= 15 is 0 Å². The molecule has 0 spiro atoms. The number of sulfonamides is 1. The summed E-state index contributed by atoms with van der Waals surface area (Å²) in [5.41, 5.74) is 0.398. The van der Waals surface area contributed by atoms with Crippen molar-refractivity contribution in [2.75, 3.05) is 6.61 Å². The van der Waals surface area contributed by atoms with Crippen molar-refractivity contribution in [3.63, 3.8) is 0 Å². The fourth-order valence-corrected chi connectivity index (χ4v) is 3.78. The second kappa shape index (κ2) is 6.00. The lowest BCUT2D eigenvalue weighted by atomic mass is 10.1. The van der Waals surface area contributed by atoms with Crippen molar-refractivity contribution >= 4 is 10.0 Å². The number of hydrogen-bond acceptors (Lipinski definition) is 4. The van der Waals surface area contributed by atoms with Crippen molar-refractivity contribution in [2.45, 2.75) is 43.4 Å². The number of rotatable bonds is 5. The molecule has 0 aromatic heterocycles. The highest BCUT2D eigenvalue weighted by Crippen LogP contribution is 2.19. The quantitative estimate of drug-likeness (QED) is 0.847. The number of ether oxygens (including phenoxy) is 1. The zero-order valence-corrected chi connectivity index (χ0v) is 11.7. The summed E-state index contributed by atoms with van der Waals surface area (Å²) in [6, 6.07) is 6.17. The zero-order valence-electron chi connectivity index (χ0n) is 10.9. The van der Waals surface area contributed by atoms with Gasteiger partial charge in [0.2, 0.25) is 10.0 Å². The predicted molar refractivity (Wildman–Crippen MR) is 71.1 cm³/mol. The summed E-state index contributed by atoms with van der Waals surface area (Å²) in [4.78, 5) is 0.127. The Bertz CT molecular complexity index is 523. The van der Waals surface area contributed by atoms with Crippen LogP contribution < -0.4 is 4.72 Å². The molecule has 106 valence electrons. The van der Waals surface area contributed by atoms with E-state index < -0.39 is 10.0 Å². The van der Waals surface area contributed by atoms with Crippen LogP contribution in [0, 0.1) is 0 Å². The van der Waals surface area contributed by atoms with E-state index in [2.05, 4.69) is 4.72 Å². The van der Waals surface area contributed by atoms with Crippen molar-refractivity contribution in [1.82, 2.24) is 4.72 Å². The van der Waals surface area contributed by atoms with E-state index in [0.717, 1.165) is 12.8 Å². The summed E-state index contributed by atoms with van der Waals surface area (Å²) in [7, 11) is -3.63. The van der Waals surface area contributed by atoms with Gasteiger partial charge in [-0.3, -0.25) is 0 Å². The van der Waals surface area contributed by atoms with Crippen LogP contribution in [0.4, 0.5) is 0 Å². The van der Waals surface area contributed by atoms with Gasteiger partial charge in [0.15, 0.2) is 0 Å². The average Bonchev–Trinajstić information content (AvgIpc) is 2.92. The summed E-state index contributed by atoms with van der Waals surface area (Å²) in [5, 5.41) is 9.21. The van der Waals surface area contributed by atoms with E-state index in [1.165, 1.54) is 6.07 Å². The summed E-state index contributed by atoms with van der Waals surface area (Å²) in [6.07, 6.45) is 1.76. The molecular formula is C13H19NO4S. The monoisotopic (exact) mass is 285 g/mol. The molecular weight excluding hydrogens is 266 g/mol. The summed E-state index contributed by atoms with van der Waals surface area (Å²) in [5.74, 6) is 0. The number of aliphatic hydroxyl groups is 1. The molecule has 1 fully saturated rings. The van der Waals surface area contributed by atoms with Gasteiger partial charge in [0.05, 0.1) is 17.6 Å². The number of benzene rings is 1. The molecule has 5 nitrogen and oxygen atoms in total. The Hall–Kier alpha value is -0.950. The van der Waals surface area contributed by atoms with Gasteiger partial charge in [-0.25, -0.2) is 13.1 Å². The Balaban J connectivity index is 2.17. The lowest BCUT2D eigenvalue weighted by molar-refractivity contribution is 0.0902. The van der Waals surface area contributed by atoms with E-state index in [1.54, 1.807) is 25.1 Å².